The standard InChI is InChI=1S/C24H22N4O4S/c1-13-4-5-15(20(29)8-14-6-16(31-2)10-17(7-14)32-3)9-19(13)28-24(30)18-11-33-22-21(18)26-12-27-23(22)25/h4-7,9-12H,8H2,1-3H3,(H,28,30)(H2,25,26,27). The van der Waals surface area contributed by atoms with Gasteiger partial charge in [-0.15, -0.1) is 11.3 Å². The number of carbonyl (C=O) groups excluding carboxylic acids is 2. The molecular formula is C24H22N4O4S. The number of hydrogen-bond acceptors (Lipinski definition) is 8. The number of aromatic nitrogens is 2. The molecule has 0 unspecified atom stereocenters. The molecule has 2 aromatic carbocycles. The number of amides is 1. The summed E-state index contributed by atoms with van der Waals surface area (Å²) in [7, 11) is 3.12. The molecule has 4 aromatic rings. The van der Waals surface area contributed by atoms with Crippen molar-refractivity contribution in [3.05, 3.63) is 70.4 Å². The molecule has 2 heterocycles. The number of hydrogen-bond donors (Lipinski definition) is 2. The van der Waals surface area contributed by atoms with Gasteiger partial charge in [-0.2, -0.15) is 0 Å². The summed E-state index contributed by atoms with van der Waals surface area (Å²) in [6.07, 6.45) is 1.49. The number of methoxy groups -OCH3 is 2. The molecule has 0 saturated heterocycles. The highest BCUT2D eigenvalue weighted by atomic mass is 32.1. The molecule has 9 heteroatoms. The van der Waals surface area contributed by atoms with Gasteiger partial charge in [0, 0.05) is 29.1 Å². The van der Waals surface area contributed by atoms with E-state index in [0.29, 0.717) is 44.3 Å². The molecule has 0 saturated carbocycles. The minimum absolute atomic E-state index is 0.0951. The van der Waals surface area contributed by atoms with Crippen LogP contribution in [0.4, 0.5) is 11.5 Å². The first-order valence-corrected chi connectivity index (χ1v) is 10.9. The number of benzene rings is 2. The summed E-state index contributed by atoms with van der Waals surface area (Å²) in [5, 5.41) is 4.59. The van der Waals surface area contributed by atoms with Crippen LogP contribution in [0.5, 0.6) is 11.5 Å². The number of nitrogens with two attached hydrogens (primary N) is 1. The van der Waals surface area contributed by atoms with E-state index >= 15 is 0 Å². The van der Waals surface area contributed by atoms with Crippen molar-refractivity contribution in [1.82, 2.24) is 9.97 Å². The van der Waals surface area contributed by atoms with E-state index in [4.69, 9.17) is 15.2 Å². The fraction of sp³-hybridized carbons (Fsp3) is 0.167. The Morgan fingerprint density at radius 1 is 1.06 bits per heavy atom. The van der Waals surface area contributed by atoms with Crippen molar-refractivity contribution < 1.29 is 19.1 Å². The summed E-state index contributed by atoms with van der Waals surface area (Å²) < 4.78 is 11.2. The third-order valence-corrected chi connectivity index (χ3v) is 6.20. The van der Waals surface area contributed by atoms with Crippen molar-refractivity contribution >= 4 is 44.7 Å². The first-order chi connectivity index (χ1) is 15.9. The quantitative estimate of drug-likeness (QED) is 0.394. The van der Waals surface area contributed by atoms with E-state index in [0.717, 1.165) is 11.1 Å². The Morgan fingerprint density at radius 3 is 2.48 bits per heavy atom. The monoisotopic (exact) mass is 462 g/mol. The van der Waals surface area contributed by atoms with Crippen LogP contribution in [0.15, 0.2) is 48.1 Å². The zero-order valence-electron chi connectivity index (χ0n) is 18.3. The fourth-order valence-corrected chi connectivity index (χ4v) is 4.31. The molecular weight excluding hydrogens is 440 g/mol. The Kier molecular flexibility index (Phi) is 6.23. The lowest BCUT2D eigenvalue weighted by Crippen LogP contribution is -2.14. The zero-order chi connectivity index (χ0) is 23.5. The van der Waals surface area contributed by atoms with Crippen LogP contribution in [0.2, 0.25) is 0 Å². The largest absolute Gasteiger partial charge is 0.497 e. The van der Waals surface area contributed by atoms with Crippen LogP contribution in [-0.4, -0.2) is 35.9 Å². The van der Waals surface area contributed by atoms with Gasteiger partial charge in [-0.1, -0.05) is 12.1 Å². The van der Waals surface area contributed by atoms with Gasteiger partial charge in [0.2, 0.25) is 0 Å². The molecule has 1 amide bonds. The van der Waals surface area contributed by atoms with Crippen LogP contribution in [0.1, 0.15) is 31.8 Å². The van der Waals surface area contributed by atoms with E-state index in [1.165, 1.54) is 17.7 Å². The number of aryl methyl sites for hydroxylation is 1. The van der Waals surface area contributed by atoms with Gasteiger partial charge < -0.3 is 20.5 Å². The topological polar surface area (TPSA) is 116 Å². The number of nitrogens with zero attached hydrogens (tertiary/aromatic N) is 2. The number of ether oxygens (including phenoxy) is 2. The highest BCUT2D eigenvalue weighted by Crippen LogP contribution is 2.29. The maximum Gasteiger partial charge on any atom is 0.258 e. The molecule has 2 aromatic heterocycles. The molecule has 4 rings (SSSR count). The van der Waals surface area contributed by atoms with Crippen LogP contribution in [-0.2, 0) is 6.42 Å². The van der Waals surface area contributed by atoms with Gasteiger partial charge in [0.05, 0.1) is 30.0 Å². The predicted molar refractivity (Wildman–Crippen MR) is 129 cm³/mol. The van der Waals surface area contributed by atoms with Crippen LogP contribution in [0.25, 0.3) is 10.2 Å². The number of nitrogens with one attached hydrogen (secondary N) is 1. The van der Waals surface area contributed by atoms with Gasteiger partial charge in [-0.05, 0) is 36.2 Å². The summed E-state index contributed by atoms with van der Waals surface area (Å²) >= 11 is 1.31. The van der Waals surface area contributed by atoms with Crippen LogP contribution < -0.4 is 20.5 Å². The third-order valence-electron chi connectivity index (χ3n) is 5.21. The molecule has 0 spiro atoms. The number of carbonyl (C=O) groups is 2. The van der Waals surface area contributed by atoms with Crippen LogP contribution in [0, 0.1) is 6.92 Å². The maximum absolute atomic E-state index is 13.0. The Morgan fingerprint density at radius 2 is 1.79 bits per heavy atom. The first kappa shape index (κ1) is 22.2. The van der Waals surface area contributed by atoms with Crippen molar-refractivity contribution in [1.29, 1.82) is 0 Å². The number of fused-ring (bicyclic) bond motifs is 1. The highest BCUT2D eigenvalue weighted by molar-refractivity contribution is 7.18. The molecule has 0 aliphatic rings. The minimum atomic E-state index is -0.329. The number of ketones is 1. The average molecular weight is 463 g/mol. The predicted octanol–water partition coefficient (Wildman–Crippen LogP) is 4.28. The number of anilines is 2. The number of rotatable bonds is 7. The number of thiophene rings is 1. The van der Waals surface area contributed by atoms with Crippen molar-refractivity contribution in [2.45, 2.75) is 13.3 Å². The van der Waals surface area contributed by atoms with E-state index in [9.17, 15) is 9.59 Å². The summed E-state index contributed by atoms with van der Waals surface area (Å²) in [5.41, 5.74) is 9.42. The second-order valence-corrected chi connectivity index (χ2v) is 8.27. The maximum atomic E-state index is 13.0. The Balaban J connectivity index is 1.57. The molecule has 8 nitrogen and oxygen atoms in total. The highest BCUT2D eigenvalue weighted by Gasteiger charge is 2.17. The van der Waals surface area contributed by atoms with Crippen molar-refractivity contribution in [3.63, 3.8) is 0 Å². The summed E-state index contributed by atoms with van der Waals surface area (Å²) in [6, 6.07) is 10.6. The second-order valence-electron chi connectivity index (χ2n) is 7.39. The van der Waals surface area contributed by atoms with E-state index < -0.39 is 0 Å². The smallest absolute Gasteiger partial charge is 0.258 e. The molecule has 168 valence electrons. The molecule has 33 heavy (non-hydrogen) atoms. The Labute approximate surface area is 194 Å². The zero-order valence-corrected chi connectivity index (χ0v) is 19.2. The average Bonchev–Trinajstić information content (AvgIpc) is 3.25. The van der Waals surface area contributed by atoms with Crippen molar-refractivity contribution in [3.8, 4) is 11.5 Å². The number of nitrogen functional groups attached to an aromatic ring is 1. The van der Waals surface area contributed by atoms with Gasteiger partial charge in [0.15, 0.2) is 5.78 Å². The molecule has 0 aliphatic carbocycles. The van der Waals surface area contributed by atoms with Crippen molar-refractivity contribution in [2.75, 3.05) is 25.3 Å². The lowest BCUT2D eigenvalue weighted by molar-refractivity contribution is 0.0990. The summed E-state index contributed by atoms with van der Waals surface area (Å²) in [5.74, 6) is 1.14. The van der Waals surface area contributed by atoms with E-state index in [1.807, 2.05) is 6.92 Å². The lowest BCUT2D eigenvalue weighted by Gasteiger charge is -2.11. The van der Waals surface area contributed by atoms with E-state index in [-0.39, 0.29) is 18.1 Å². The van der Waals surface area contributed by atoms with Crippen LogP contribution >= 0.6 is 11.3 Å². The van der Waals surface area contributed by atoms with Crippen LogP contribution in [0.3, 0.4) is 0 Å². The lowest BCUT2D eigenvalue weighted by atomic mass is 10.0. The van der Waals surface area contributed by atoms with Gasteiger partial charge >= 0.3 is 0 Å². The molecule has 0 aliphatic heterocycles. The SMILES string of the molecule is COc1cc(CC(=O)c2ccc(C)c(NC(=O)c3csc4c(N)ncnc34)c2)cc(OC)c1. The number of Topliss-reactive ketones (excluding diaryl/α,β-unsaturated/α-hetero) is 1. The van der Waals surface area contributed by atoms with Gasteiger partial charge in [0.1, 0.15) is 23.6 Å². The fourth-order valence-electron chi connectivity index (χ4n) is 3.41. The normalized spacial score (nSPS) is 10.8. The van der Waals surface area contributed by atoms with E-state index in [1.54, 1.807) is 56.0 Å². The molecule has 0 bridgehead atoms. The summed E-state index contributed by atoms with van der Waals surface area (Å²) in [6.45, 7) is 1.86. The Hall–Kier alpha value is -3.98. The minimum Gasteiger partial charge on any atom is -0.497 e. The third kappa shape index (κ3) is 4.63. The first-order valence-electron chi connectivity index (χ1n) is 10.0. The molecule has 3 N–H and O–H groups in total. The van der Waals surface area contributed by atoms with Gasteiger partial charge in [-0.25, -0.2) is 9.97 Å². The molecule has 0 fully saturated rings. The van der Waals surface area contributed by atoms with Gasteiger partial charge in [0.25, 0.3) is 5.91 Å². The van der Waals surface area contributed by atoms with E-state index in [2.05, 4.69) is 15.3 Å². The van der Waals surface area contributed by atoms with Crippen molar-refractivity contribution in [2.24, 2.45) is 0 Å². The molecule has 0 atom stereocenters. The van der Waals surface area contributed by atoms with Gasteiger partial charge in [-0.3, -0.25) is 9.59 Å². The molecule has 0 radical (unpaired) electrons. The Bertz CT molecular complexity index is 1340. The summed E-state index contributed by atoms with van der Waals surface area (Å²) in [4.78, 5) is 34.1. The second kappa shape index (κ2) is 9.25.